The molecular formula is C10H8ClFN2O2. The first-order chi connectivity index (χ1) is 7.56. The van der Waals surface area contributed by atoms with Crippen LogP contribution in [0.15, 0.2) is 18.2 Å². The predicted octanol–water partition coefficient (Wildman–Crippen LogP) is 0.942. The fourth-order valence-electron chi connectivity index (χ4n) is 1.54. The molecular weight excluding hydrogens is 235 g/mol. The van der Waals surface area contributed by atoms with Crippen molar-refractivity contribution in [1.29, 1.82) is 0 Å². The van der Waals surface area contributed by atoms with Crippen molar-refractivity contribution < 1.29 is 14.0 Å². The van der Waals surface area contributed by atoms with Gasteiger partial charge in [0.1, 0.15) is 5.82 Å². The molecule has 1 aliphatic rings. The molecule has 2 amide bonds. The Morgan fingerprint density at radius 1 is 1.25 bits per heavy atom. The van der Waals surface area contributed by atoms with E-state index in [1.165, 1.54) is 23.1 Å². The summed E-state index contributed by atoms with van der Waals surface area (Å²) in [5, 5.41) is 2.49. The van der Waals surface area contributed by atoms with Crippen LogP contribution in [-0.4, -0.2) is 24.9 Å². The summed E-state index contributed by atoms with van der Waals surface area (Å²) in [6.45, 7) is -0.105. The highest BCUT2D eigenvalue weighted by atomic mass is 35.5. The normalized spacial score (nSPS) is 16.2. The number of hydrogen-bond donors (Lipinski definition) is 1. The third-order valence-corrected chi connectivity index (χ3v) is 2.43. The maximum absolute atomic E-state index is 13.5. The molecule has 0 bridgehead atoms. The second-order valence-corrected chi connectivity index (χ2v) is 3.86. The molecule has 16 heavy (non-hydrogen) atoms. The molecule has 2 rings (SSSR count). The summed E-state index contributed by atoms with van der Waals surface area (Å²) in [7, 11) is 0. The number of amides is 2. The van der Waals surface area contributed by atoms with Crippen LogP contribution in [0.4, 0.5) is 10.1 Å². The van der Waals surface area contributed by atoms with Crippen molar-refractivity contribution in [1.82, 2.24) is 5.32 Å². The minimum Gasteiger partial charge on any atom is -0.350 e. The molecule has 0 aromatic heterocycles. The minimum absolute atomic E-state index is 0.0526. The summed E-state index contributed by atoms with van der Waals surface area (Å²) in [5.41, 5.74) is 0.163. The molecule has 6 heteroatoms. The molecule has 1 aromatic carbocycles. The minimum atomic E-state index is -0.508. The number of hydrogen-bond acceptors (Lipinski definition) is 3. The van der Waals surface area contributed by atoms with E-state index in [9.17, 15) is 14.0 Å². The van der Waals surface area contributed by atoms with Crippen molar-refractivity contribution in [3.8, 4) is 0 Å². The van der Waals surface area contributed by atoms with Gasteiger partial charge in [-0.05, 0) is 18.2 Å². The Kier molecular flexibility index (Phi) is 2.78. The second kappa shape index (κ2) is 4.09. The average molecular weight is 243 g/mol. The van der Waals surface area contributed by atoms with Gasteiger partial charge in [0.15, 0.2) is 0 Å². The molecule has 1 aliphatic heterocycles. The van der Waals surface area contributed by atoms with E-state index in [0.29, 0.717) is 5.02 Å². The Labute approximate surface area is 96.0 Å². The molecule has 0 saturated carbocycles. The van der Waals surface area contributed by atoms with Gasteiger partial charge in [0.05, 0.1) is 18.8 Å². The number of anilines is 1. The van der Waals surface area contributed by atoms with Crippen molar-refractivity contribution in [2.24, 2.45) is 0 Å². The van der Waals surface area contributed by atoms with Gasteiger partial charge in [-0.2, -0.15) is 0 Å². The number of halogens is 2. The van der Waals surface area contributed by atoms with Gasteiger partial charge in [-0.1, -0.05) is 11.6 Å². The van der Waals surface area contributed by atoms with Crippen molar-refractivity contribution in [2.45, 2.75) is 0 Å². The van der Waals surface area contributed by atoms with Crippen LogP contribution in [0.2, 0.25) is 5.02 Å². The van der Waals surface area contributed by atoms with Gasteiger partial charge in [0, 0.05) is 5.02 Å². The van der Waals surface area contributed by atoms with Crippen LogP contribution in [0.1, 0.15) is 0 Å². The van der Waals surface area contributed by atoms with E-state index >= 15 is 0 Å². The standard InChI is InChI=1S/C10H8ClFN2O2/c11-6-1-2-7(12)8(3-6)14-4-9(15)13-10(16)5-14/h1-3H,4-5H2,(H,13,15,16). The number of nitrogens with zero attached hydrogens (tertiary/aromatic N) is 1. The smallest absolute Gasteiger partial charge is 0.246 e. The van der Waals surface area contributed by atoms with E-state index in [1.807, 2.05) is 0 Å². The van der Waals surface area contributed by atoms with Gasteiger partial charge in [-0.25, -0.2) is 4.39 Å². The topological polar surface area (TPSA) is 49.4 Å². The summed E-state index contributed by atoms with van der Waals surface area (Å²) < 4.78 is 13.5. The Hall–Kier alpha value is -1.62. The highest BCUT2D eigenvalue weighted by Crippen LogP contribution is 2.23. The fraction of sp³-hybridized carbons (Fsp3) is 0.200. The van der Waals surface area contributed by atoms with E-state index < -0.39 is 17.6 Å². The second-order valence-electron chi connectivity index (χ2n) is 3.42. The van der Waals surface area contributed by atoms with Crippen molar-refractivity contribution in [3.05, 3.63) is 29.0 Å². The van der Waals surface area contributed by atoms with Gasteiger partial charge in [-0.15, -0.1) is 0 Å². The first-order valence-electron chi connectivity index (χ1n) is 4.59. The number of nitrogens with one attached hydrogen (secondary N) is 1. The molecule has 1 aromatic rings. The Balaban J connectivity index is 2.32. The molecule has 1 saturated heterocycles. The van der Waals surface area contributed by atoms with E-state index in [0.717, 1.165) is 0 Å². The zero-order valence-electron chi connectivity index (χ0n) is 8.17. The van der Waals surface area contributed by atoms with Crippen LogP contribution in [0, 0.1) is 5.82 Å². The summed E-state index contributed by atoms with van der Waals surface area (Å²) in [4.78, 5) is 23.6. The van der Waals surface area contributed by atoms with Gasteiger partial charge in [-0.3, -0.25) is 14.9 Å². The average Bonchev–Trinajstić information content (AvgIpc) is 2.20. The van der Waals surface area contributed by atoms with Gasteiger partial charge < -0.3 is 4.90 Å². The summed E-state index contributed by atoms with van der Waals surface area (Å²) >= 11 is 5.73. The fourth-order valence-corrected chi connectivity index (χ4v) is 1.70. The van der Waals surface area contributed by atoms with E-state index in [4.69, 9.17) is 11.6 Å². The molecule has 0 atom stereocenters. The number of carbonyl (C=O) groups is 2. The molecule has 1 heterocycles. The molecule has 0 radical (unpaired) electrons. The maximum atomic E-state index is 13.5. The first kappa shape index (κ1) is 10.9. The zero-order valence-corrected chi connectivity index (χ0v) is 8.92. The van der Waals surface area contributed by atoms with Crippen molar-refractivity contribution in [3.63, 3.8) is 0 Å². The monoisotopic (exact) mass is 242 g/mol. The lowest BCUT2D eigenvalue weighted by Crippen LogP contribution is -2.51. The number of rotatable bonds is 1. The van der Waals surface area contributed by atoms with Crippen LogP contribution in [0.5, 0.6) is 0 Å². The Morgan fingerprint density at radius 2 is 1.88 bits per heavy atom. The van der Waals surface area contributed by atoms with E-state index in [2.05, 4.69) is 5.32 Å². The molecule has 1 fully saturated rings. The highest BCUT2D eigenvalue weighted by molar-refractivity contribution is 6.30. The van der Waals surface area contributed by atoms with Crippen LogP contribution in [-0.2, 0) is 9.59 Å². The van der Waals surface area contributed by atoms with Crippen molar-refractivity contribution >= 4 is 29.1 Å². The molecule has 0 unspecified atom stereocenters. The largest absolute Gasteiger partial charge is 0.350 e. The van der Waals surface area contributed by atoms with Crippen LogP contribution in [0.25, 0.3) is 0 Å². The van der Waals surface area contributed by atoms with Crippen LogP contribution < -0.4 is 10.2 Å². The SMILES string of the molecule is O=C1CN(c2cc(Cl)ccc2F)CC(=O)N1. The zero-order chi connectivity index (χ0) is 11.7. The lowest BCUT2D eigenvalue weighted by atomic mass is 10.2. The van der Waals surface area contributed by atoms with Gasteiger partial charge >= 0.3 is 0 Å². The highest BCUT2D eigenvalue weighted by Gasteiger charge is 2.24. The Morgan fingerprint density at radius 3 is 2.50 bits per heavy atom. The molecule has 0 aliphatic carbocycles. The number of carbonyl (C=O) groups excluding carboxylic acids is 2. The summed E-state index contributed by atoms with van der Waals surface area (Å²) in [6, 6.07) is 4.00. The van der Waals surface area contributed by atoms with Crippen molar-refractivity contribution in [2.75, 3.05) is 18.0 Å². The summed E-state index contributed by atoms with van der Waals surface area (Å²) in [5.74, 6) is -1.40. The number of benzene rings is 1. The van der Waals surface area contributed by atoms with E-state index in [-0.39, 0.29) is 18.8 Å². The maximum Gasteiger partial charge on any atom is 0.246 e. The molecule has 1 N–H and O–H groups in total. The lowest BCUT2D eigenvalue weighted by molar-refractivity contribution is -0.130. The summed E-state index contributed by atoms with van der Waals surface area (Å²) in [6.07, 6.45) is 0. The third kappa shape index (κ3) is 2.14. The lowest BCUT2D eigenvalue weighted by Gasteiger charge is -2.27. The molecule has 4 nitrogen and oxygen atoms in total. The van der Waals surface area contributed by atoms with E-state index in [1.54, 1.807) is 0 Å². The third-order valence-electron chi connectivity index (χ3n) is 2.20. The van der Waals surface area contributed by atoms with Gasteiger partial charge in [0.25, 0.3) is 0 Å². The van der Waals surface area contributed by atoms with Crippen LogP contribution in [0.3, 0.4) is 0 Å². The van der Waals surface area contributed by atoms with Gasteiger partial charge in [0.2, 0.25) is 11.8 Å². The molecule has 84 valence electrons. The number of imide groups is 1. The van der Waals surface area contributed by atoms with Crippen LogP contribution >= 0.6 is 11.6 Å². The predicted molar refractivity (Wildman–Crippen MR) is 56.8 cm³/mol. The molecule has 0 spiro atoms. The first-order valence-corrected chi connectivity index (χ1v) is 4.97. The number of piperazine rings is 1. The Bertz CT molecular complexity index is 448. The quantitative estimate of drug-likeness (QED) is 0.746.